The van der Waals surface area contributed by atoms with Crippen molar-refractivity contribution >= 4 is 0 Å². The zero-order valence-electron chi connectivity index (χ0n) is 11.9. The highest BCUT2D eigenvalue weighted by molar-refractivity contribution is 5.28. The Balaban J connectivity index is 0.000000152. The average molecular weight is 282 g/mol. The molecule has 6 N–H and O–H groups in total. The van der Waals surface area contributed by atoms with Gasteiger partial charge in [0.1, 0.15) is 11.5 Å². The topological polar surface area (TPSA) is 88.6 Å². The van der Waals surface area contributed by atoms with E-state index in [9.17, 15) is 0 Å². The van der Waals surface area contributed by atoms with E-state index >= 15 is 0 Å². The Morgan fingerprint density at radius 3 is 0.850 bits per heavy atom. The van der Waals surface area contributed by atoms with E-state index in [0.29, 0.717) is 0 Å². The molecule has 2 saturated heterocycles. The second-order valence-electron chi connectivity index (χ2n) is 4.52. The van der Waals surface area contributed by atoms with Crippen LogP contribution < -0.4 is 21.3 Å². The van der Waals surface area contributed by atoms with Gasteiger partial charge in [-0.2, -0.15) is 0 Å². The number of aromatic hydroxyl groups is 2. The molecule has 1 aromatic carbocycles. The van der Waals surface area contributed by atoms with E-state index in [1.54, 1.807) is 0 Å². The van der Waals surface area contributed by atoms with E-state index in [4.69, 9.17) is 10.2 Å². The monoisotopic (exact) mass is 282 g/mol. The van der Waals surface area contributed by atoms with Crippen molar-refractivity contribution < 1.29 is 10.2 Å². The number of hydrogen-bond acceptors (Lipinski definition) is 6. The molecule has 1 aromatic rings. The Morgan fingerprint density at radius 2 is 0.700 bits per heavy atom. The molecule has 6 heteroatoms. The molecule has 0 radical (unpaired) electrons. The molecule has 0 atom stereocenters. The van der Waals surface area contributed by atoms with E-state index in [0.717, 1.165) is 52.4 Å². The van der Waals surface area contributed by atoms with Gasteiger partial charge in [-0.3, -0.25) is 0 Å². The molecule has 0 amide bonds. The molecule has 2 aliphatic rings. The van der Waals surface area contributed by atoms with Gasteiger partial charge in [0.25, 0.3) is 0 Å². The minimum absolute atomic E-state index is 0.169. The summed E-state index contributed by atoms with van der Waals surface area (Å²) < 4.78 is 0. The van der Waals surface area contributed by atoms with Crippen LogP contribution >= 0.6 is 0 Å². The summed E-state index contributed by atoms with van der Waals surface area (Å²) in [5, 5.41) is 30.2. The van der Waals surface area contributed by atoms with Gasteiger partial charge in [0.15, 0.2) is 0 Å². The molecule has 20 heavy (non-hydrogen) atoms. The summed E-state index contributed by atoms with van der Waals surface area (Å²) >= 11 is 0. The van der Waals surface area contributed by atoms with Crippen molar-refractivity contribution in [2.75, 3.05) is 52.4 Å². The number of phenolic OH excluding ortho intramolecular Hbond substituents is 2. The molecule has 2 aliphatic heterocycles. The van der Waals surface area contributed by atoms with Crippen molar-refractivity contribution in [2.45, 2.75) is 0 Å². The quantitative estimate of drug-likeness (QED) is 0.358. The maximum atomic E-state index is 8.65. The number of phenols is 2. The summed E-state index contributed by atoms with van der Waals surface area (Å²) in [7, 11) is 0. The minimum Gasteiger partial charge on any atom is -0.508 e. The molecule has 0 spiro atoms. The van der Waals surface area contributed by atoms with Crippen molar-refractivity contribution in [1.29, 1.82) is 0 Å². The molecule has 2 fully saturated rings. The van der Waals surface area contributed by atoms with Crippen molar-refractivity contribution in [1.82, 2.24) is 21.3 Å². The van der Waals surface area contributed by atoms with Crippen LogP contribution in [-0.4, -0.2) is 62.6 Å². The highest BCUT2D eigenvalue weighted by atomic mass is 16.3. The predicted molar refractivity (Wildman–Crippen MR) is 81.3 cm³/mol. The number of hydrogen-bond donors (Lipinski definition) is 6. The van der Waals surface area contributed by atoms with Crippen molar-refractivity contribution in [3.8, 4) is 11.5 Å². The smallest absolute Gasteiger partial charge is 0.115 e. The first kappa shape index (κ1) is 16.7. The summed E-state index contributed by atoms with van der Waals surface area (Å²) in [4.78, 5) is 0. The molecule has 114 valence electrons. The predicted octanol–water partition coefficient (Wildman–Crippen LogP) is -0.544. The Bertz CT molecular complexity index is 268. The van der Waals surface area contributed by atoms with Crippen LogP contribution in [0.2, 0.25) is 0 Å². The van der Waals surface area contributed by atoms with Gasteiger partial charge in [-0.25, -0.2) is 0 Å². The summed E-state index contributed by atoms with van der Waals surface area (Å²) in [6, 6.07) is 5.70. The van der Waals surface area contributed by atoms with Crippen LogP contribution in [0.3, 0.4) is 0 Å². The van der Waals surface area contributed by atoms with Gasteiger partial charge in [-0.1, -0.05) is 0 Å². The first-order valence-corrected chi connectivity index (χ1v) is 7.10. The third-order valence-electron chi connectivity index (χ3n) is 2.76. The fraction of sp³-hybridized carbons (Fsp3) is 0.571. The van der Waals surface area contributed by atoms with Gasteiger partial charge < -0.3 is 31.5 Å². The van der Waals surface area contributed by atoms with Crippen LogP contribution in [0.25, 0.3) is 0 Å². The lowest BCUT2D eigenvalue weighted by molar-refractivity contribution is 0.460. The highest BCUT2D eigenvalue weighted by Crippen LogP contribution is 2.13. The normalized spacial score (nSPS) is 18.0. The number of nitrogens with one attached hydrogen (secondary N) is 4. The van der Waals surface area contributed by atoms with Crippen molar-refractivity contribution in [3.05, 3.63) is 24.3 Å². The van der Waals surface area contributed by atoms with E-state index < -0.39 is 0 Å². The number of piperazine rings is 2. The minimum atomic E-state index is 0.169. The fourth-order valence-corrected chi connectivity index (χ4v) is 1.66. The Morgan fingerprint density at radius 1 is 0.500 bits per heavy atom. The van der Waals surface area contributed by atoms with Gasteiger partial charge in [-0.05, 0) is 24.3 Å². The average Bonchev–Trinajstić information content (AvgIpc) is 2.55. The zero-order valence-corrected chi connectivity index (χ0v) is 11.9. The lowest BCUT2D eigenvalue weighted by Gasteiger charge is -2.11. The maximum Gasteiger partial charge on any atom is 0.115 e. The third-order valence-corrected chi connectivity index (χ3v) is 2.76. The third kappa shape index (κ3) is 9.57. The van der Waals surface area contributed by atoms with Crippen LogP contribution in [-0.2, 0) is 0 Å². The SMILES string of the molecule is C1CNCCN1.C1CNCCN1.Oc1ccc(O)cc1. The molecular weight excluding hydrogens is 256 g/mol. The molecule has 0 unspecified atom stereocenters. The van der Waals surface area contributed by atoms with Crippen LogP contribution in [0.1, 0.15) is 0 Å². The Hall–Kier alpha value is -1.34. The lowest BCUT2D eigenvalue weighted by atomic mass is 10.3. The molecule has 0 aromatic heterocycles. The summed E-state index contributed by atoms with van der Waals surface area (Å²) in [5.41, 5.74) is 0. The van der Waals surface area contributed by atoms with E-state index in [2.05, 4.69) is 21.3 Å². The zero-order chi connectivity index (χ0) is 14.5. The van der Waals surface area contributed by atoms with Crippen LogP contribution in [0.15, 0.2) is 24.3 Å². The summed E-state index contributed by atoms with van der Waals surface area (Å²) in [6.07, 6.45) is 0. The Kier molecular flexibility index (Phi) is 9.60. The molecule has 0 bridgehead atoms. The van der Waals surface area contributed by atoms with Gasteiger partial charge >= 0.3 is 0 Å². The largest absolute Gasteiger partial charge is 0.508 e. The molecule has 2 heterocycles. The highest BCUT2D eigenvalue weighted by Gasteiger charge is 1.92. The van der Waals surface area contributed by atoms with E-state index in [-0.39, 0.29) is 11.5 Å². The second-order valence-corrected chi connectivity index (χ2v) is 4.52. The second kappa shape index (κ2) is 11.5. The van der Waals surface area contributed by atoms with E-state index in [1.165, 1.54) is 24.3 Å². The van der Waals surface area contributed by atoms with Gasteiger partial charge in [0.05, 0.1) is 0 Å². The number of rotatable bonds is 0. The summed E-state index contributed by atoms with van der Waals surface area (Å²) in [6.45, 7) is 9.11. The van der Waals surface area contributed by atoms with Gasteiger partial charge in [-0.15, -0.1) is 0 Å². The molecular formula is C14H26N4O2. The van der Waals surface area contributed by atoms with Crippen molar-refractivity contribution in [2.24, 2.45) is 0 Å². The molecule has 0 saturated carbocycles. The van der Waals surface area contributed by atoms with Gasteiger partial charge in [0, 0.05) is 52.4 Å². The molecule has 6 nitrogen and oxygen atoms in total. The summed E-state index contributed by atoms with van der Waals surface area (Å²) in [5.74, 6) is 0.339. The van der Waals surface area contributed by atoms with Crippen LogP contribution in [0.4, 0.5) is 0 Å². The maximum absolute atomic E-state index is 8.65. The first-order valence-electron chi connectivity index (χ1n) is 7.10. The Labute approximate surface area is 120 Å². The van der Waals surface area contributed by atoms with E-state index in [1.807, 2.05) is 0 Å². The molecule has 3 rings (SSSR count). The van der Waals surface area contributed by atoms with Crippen LogP contribution in [0, 0.1) is 0 Å². The van der Waals surface area contributed by atoms with Crippen LogP contribution in [0.5, 0.6) is 11.5 Å². The standard InChI is InChI=1S/C6H6O2.2C4H10N2/c7-5-1-2-6(8)4-3-5;2*1-2-6-4-3-5-1/h1-4,7-8H;2*5-6H,1-4H2. The first-order chi connectivity index (χ1) is 9.79. The fourth-order valence-electron chi connectivity index (χ4n) is 1.66. The molecule has 0 aliphatic carbocycles. The lowest BCUT2D eigenvalue weighted by Crippen LogP contribution is -2.39. The number of benzene rings is 1. The van der Waals surface area contributed by atoms with Crippen molar-refractivity contribution in [3.63, 3.8) is 0 Å². The van der Waals surface area contributed by atoms with Gasteiger partial charge in [0.2, 0.25) is 0 Å².